The zero-order valence-corrected chi connectivity index (χ0v) is 17.2. The van der Waals surface area contributed by atoms with Gasteiger partial charge in [0, 0.05) is 17.6 Å². The van der Waals surface area contributed by atoms with Gasteiger partial charge in [-0.1, -0.05) is 32.9 Å². The molecular weight excluding hydrogens is 372 g/mol. The van der Waals surface area contributed by atoms with Gasteiger partial charge in [0.1, 0.15) is 5.75 Å². The zero-order valence-electron chi connectivity index (χ0n) is 16.3. The Kier molecular flexibility index (Phi) is 6.52. The van der Waals surface area contributed by atoms with Crippen molar-refractivity contribution in [3.05, 3.63) is 64.8 Å². The summed E-state index contributed by atoms with van der Waals surface area (Å²) in [7, 11) is 0. The van der Waals surface area contributed by atoms with Gasteiger partial charge in [0.25, 0.3) is 11.8 Å². The molecule has 2 amide bonds. The molecule has 0 fully saturated rings. The van der Waals surface area contributed by atoms with Crippen LogP contribution in [0.25, 0.3) is 5.57 Å². The Balaban J connectivity index is 1.91. The molecule has 2 heterocycles. The molecule has 1 aliphatic heterocycles. The van der Waals surface area contributed by atoms with Crippen LogP contribution in [-0.2, 0) is 16.1 Å². The lowest BCUT2D eigenvalue weighted by molar-refractivity contribution is -0.137. The molecular formula is C22H24N2O3S. The Bertz CT molecular complexity index is 876. The van der Waals surface area contributed by atoms with Gasteiger partial charge in [-0.3, -0.25) is 19.5 Å². The third kappa shape index (κ3) is 4.44. The molecule has 1 aliphatic rings. The van der Waals surface area contributed by atoms with Crippen molar-refractivity contribution >= 4 is 29.1 Å². The second-order valence-corrected chi connectivity index (χ2v) is 8.38. The maximum absolute atomic E-state index is 13.2. The molecule has 0 saturated carbocycles. The Morgan fingerprint density at radius 1 is 1.04 bits per heavy atom. The Morgan fingerprint density at radius 2 is 1.71 bits per heavy atom. The standard InChI is InChI=1S/C22H24N2O3S/c1-4-13-27-18-7-5-17(6-8-18)19-20(28-15(2)3)22(26)24(21(19)25)14-16-9-11-23-12-10-16/h5-12,15H,4,13-14H2,1-3H3. The summed E-state index contributed by atoms with van der Waals surface area (Å²) in [6.45, 7) is 6.96. The Labute approximate surface area is 169 Å². The Hall–Kier alpha value is -2.60. The van der Waals surface area contributed by atoms with Crippen LogP contribution in [0.3, 0.4) is 0 Å². The van der Waals surface area contributed by atoms with E-state index in [2.05, 4.69) is 11.9 Å². The summed E-state index contributed by atoms with van der Waals surface area (Å²) in [6.07, 6.45) is 4.25. The highest BCUT2D eigenvalue weighted by Gasteiger charge is 2.39. The summed E-state index contributed by atoms with van der Waals surface area (Å²) in [5.74, 6) is 0.267. The third-order valence-electron chi connectivity index (χ3n) is 4.18. The van der Waals surface area contributed by atoms with Crippen molar-refractivity contribution in [2.24, 2.45) is 0 Å². The smallest absolute Gasteiger partial charge is 0.268 e. The van der Waals surface area contributed by atoms with Crippen molar-refractivity contribution in [2.75, 3.05) is 6.61 Å². The summed E-state index contributed by atoms with van der Waals surface area (Å²) in [5, 5.41) is 0.190. The van der Waals surface area contributed by atoms with Crippen molar-refractivity contribution in [2.45, 2.75) is 39.0 Å². The summed E-state index contributed by atoms with van der Waals surface area (Å²) in [4.78, 5) is 32.0. The van der Waals surface area contributed by atoms with E-state index in [1.54, 1.807) is 12.4 Å². The van der Waals surface area contributed by atoms with Gasteiger partial charge in [-0.15, -0.1) is 11.8 Å². The van der Waals surface area contributed by atoms with E-state index < -0.39 is 0 Å². The highest BCUT2D eigenvalue weighted by Crippen LogP contribution is 2.38. The topological polar surface area (TPSA) is 59.5 Å². The number of hydrogen-bond acceptors (Lipinski definition) is 5. The van der Waals surface area contributed by atoms with Gasteiger partial charge in [-0.25, -0.2) is 0 Å². The van der Waals surface area contributed by atoms with E-state index in [9.17, 15) is 9.59 Å². The molecule has 1 aromatic carbocycles. The first kappa shape index (κ1) is 20.1. The second kappa shape index (κ2) is 9.06. The number of imide groups is 1. The van der Waals surface area contributed by atoms with E-state index in [0.29, 0.717) is 17.1 Å². The number of hydrogen-bond donors (Lipinski definition) is 0. The fraction of sp³-hybridized carbons (Fsp3) is 0.318. The van der Waals surface area contributed by atoms with E-state index >= 15 is 0 Å². The lowest BCUT2D eigenvalue weighted by Gasteiger charge is -2.15. The summed E-state index contributed by atoms with van der Waals surface area (Å²) in [6, 6.07) is 11.0. The van der Waals surface area contributed by atoms with Crippen LogP contribution >= 0.6 is 11.8 Å². The number of nitrogens with zero attached hydrogens (tertiary/aromatic N) is 2. The molecule has 0 aliphatic carbocycles. The monoisotopic (exact) mass is 396 g/mol. The molecule has 0 radical (unpaired) electrons. The first-order valence-electron chi connectivity index (χ1n) is 9.40. The highest BCUT2D eigenvalue weighted by molar-refractivity contribution is 8.04. The highest BCUT2D eigenvalue weighted by atomic mass is 32.2. The van der Waals surface area contributed by atoms with Gasteiger partial charge in [-0.2, -0.15) is 0 Å². The van der Waals surface area contributed by atoms with Gasteiger partial charge in [0.2, 0.25) is 0 Å². The average Bonchev–Trinajstić information content (AvgIpc) is 2.91. The van der Waals surface area contributed by atoms with E-state index in [1.165, 1.54) is 16.7 Å². The molecule has 28 heavy (non-hydrogen) atoms. The fourth-order valence-electron chi connectivity index (χ4n) is 2.91. The van der Waals surface area contributed by atoms with Crippen molar-refractivity contribution < 1.29 is 14.3 Å². The van der Waals surface area contributed by atoms with E-state index in [-0.39, 0.29) is 23.6 Å². The number of ether oxygens (including phenoxy) is 1. The number of benzene rings is 1. The molecule has 0 bridgehead atoms. The molecule has 146 valence electrons. The summed E-state index contributed by atoms with van der Waals surface area (Å²) >= 11 is 1.43. The van der Waals surface area contributed by atoms with Crippen LogP contribution in [0, 0.1) is 0 Å². The average molecular weight is 397 g/mol. The number of thioether (sulfide) groups is 1. The molecule has 1 aromatic heterocycles. The minimum atomic E-state index is -0.257. The predicted octanol–water partition coefficient (Wildman–Crippen LogP) is 4.29. The normalized spacial score (nSPS) is 14.4. The molecule has 2 aromatic rings. The summed E-state index contributed by atoms with van der Waals surface area (Å²) < 4.78 is 5.62. The minimum absolute atomic E-state index is 0.190. The van der Waals surface area contributed by atoms with Crippen LogP contribution in [0.15, 0.2) is 53.7 Å². The van der Waals surface area contributed by atoms with Gasteiger partial charge in [0.05, 0.1) is 23.6 Å². The zero-order chi connectivity index (χ0) is 20.1. The molecule has 0 atom stereocenters. The molecule has 0 saturated heterocycles. The number of carbonyl (C=O) groups excluding carboxylic acids is 2. The fourth-order valence-corrected chi connectivity index (χ4v) is 3.91. The summed E-state index contributed by atoms with van der Waals surface area (Å²) in [5.41, 5.74) is 2.08. The minimum Gasteiger partial charge on any atom is -0.494 e. The van der Waals surface area contributed by atoms with Crippen molar-refractivity contribution in [3.8, 4) is 5.75 Å². The SMILES string of the molecule is CCCOc1ccc(C2=C(SC(C)C)C(=O)N(Cc3ccncc3)C2=O)cc1. The number of amides is 2. The van der Waals surface area contributed by atoms with Crippen molar-refractivity contribution in [1.29, 1.82) is 0 Å². The predicted molar refractivity (Wildman–Crippen MR) is 112 cm³/mol. The number of aromatic nitrogens is 1. The lowest BCUT2D eigenvalue weighted by Crippen LogP contribution is -2.31. The number of pyridine rings is 1. The van der Waals surface area contributed by atoms with Gasteiger partial charge in [0.15, 0.2) is 0 Å². The largest absolute Gasteiger partial charge is 0.494 e. The first-order chi connectivity index (χ1) is 13.5. The lowest BCUT2D eigenvalue weighted by atomic mass is 10.1. The molecule has 0 spiro atoms. The maximum atomic E-state index is 13.2. The van der Waals surface area contributed by atoms with Crippen molar-refractivity contribution in [1.82, 2.24) is 9.88 Å². The van der Waals surface area contributed by atoms with Gasteiger partial charge in [-0.05, 0) is 41.8 Å². The van der Waals surface area contributed by atoms with Gasteiger partial charge >= 0.3 is 0 Å². The van der Waals surface area contributed by atoms with Crippen LogP contribution < -0.4 is 4.74 Å². The molecule has 6 heteroatoms. The van der Waals surface area contributed by atoms with E-state index in [0.717, 1.165) is 23.3 Å². The third-order valence-corrected chi connectivity index (χ3v) is 5.27. The number of rotatable bonds is 8. The van der Waals surface area contributed by atoms with Crippen LogP contribution in [0.1, 0.15) is 38.3 Å². The van der Waals surface area contributed by atoms with Crippen LogP contribution in [-0.4, -0.2) is 33.6 Å². The molecule has 0 N–H and O–H groups in total. The van der Waals surface area contributed by atoms with E-state index in [1.807, 2.05) is 50.2 Å². The molecule has 0 unspecified atom stereocenters. The molecule has 3 rings (SSSR count). The second-order valence-electron chi connectivity index (χ2n) is 6.80. The van der Waals surface area contributed by atoms with E-state index in [4.69, 9.17) is 4.74 Å². The van der Waals surface area contributed by atoms with Crippen molar-refractivity contribution in [3.63, 3.8) is 0 Å². The van der Waals surface area contributed by atoms with Crippen LogP contribution in [0.4, 0.5) is 0 Å². The molecule has 5 nitrogen and oxygen atoms in total. The Morgan fingerprint density at radius 3 is 2.32 bits per heavy atom. The van der Waals surface area contributed by atoms with Gasteiger partial charge < -0.3 is 4.74 Å². The number of carbonyl (C=O) groups is 2. The maximum Gasteiger partial charge on any atom is 0.268 e. The van der Waals surface area contributed by atoms with Crippen LogP contribution in [0.5, 0.6) is 5.75 Å². The van der Waals surface area contributed by atoms with Crippen LogP contribution in [0.2, 0.25) is 0 Å². The first-order valence-corrected chi connectivity index (χ1v) is 10.3. The quantitative estimate of drug-likeness (QED) is 0.623.